The van der Waals surface area contributed by atoms with E-state index in [1.54, 1.807) is 12.1 Å². The zero-order valence-electron chi connectivity index (χ0n) is 22.9. The van der Waals surface area contributed by atoms with E-state index in [1.165, 1.54) is 4.90 Å². The van der Waals surface area contributed by atoms with Gasteiger partial charge in [-0.2, -0.15) is 0 Å². The fraction of sp³-hybridized carbons (Fsp3) is 0.333. The van der Waals surface area contributed by atoms with Gasteiger partial charge >= 0.3 is 0 Å². The Labute approximate surface area is 240 Å². The minimum absolute atomic E-state index is 0.146. The molecule has 0 spiro atoms. The highest BCUT2D eigenvalue weighted by molar-refractivity contribution is 9.10. The van der Waals surface area contributed by atoms with Gasteiger partial charge in [-0.25, -0.2) is 8.42 Å². The Morgan fingerprint density at radius 2 is 1.59 bits per heavy atom. The van der Waals surface area contributed by atoms with Crippen molar-refractivity contribution in [1.29, 1.82) is 0 Å². The Bertz CT molecular complexity index is 1380. The van der Waals surface area contributed by atoms with E-state index >= 15 is 0 Å². The van der Waals surface area contributed by atoms with Gasteiger partial charge in [-0.05, 0) is 60.7 Å². The molecule has 0 heterocycles. The first-order valence-corrected chi connectivity index (χ1v) is 15.5. The average molecular weight is 615 g/mol. The molecule has 7 nitrogen and oxygen atoms in total. The van der Waals surface area contributed by atoms with Gasteiger partial charge in [-0.1, -0.05) is 77.5 Å². The Morgan fingerprint density at radius 1 is 0.923 bits per heavy atom. The molecule has 0 aromatic heterocycles. The predicted octanol–water partition coefficient (Wildman–Crippen LogP) is 5.00. The summed E-state index contributed by atoms with van der Waals surface area (Å²) in [6, 6.07) is 21.6. The highest BCUT2D eigenvalue weighted by Crippen LogP contribution is 2.26. The second-order valence-corrected chi connectivity index (χ2v) is 12.5. The van der Waals surface area contributed by atoms with Gasteiger partial charge in [0.15, 0.2) is 0 Å². The topological polar surface area (TPSA) is 86.8 Å². The number of amides is 2. The SMILES string of the molecule is CCCNC(=O)C(Cc1ccccc1)N(Cc1ccc(Br)cc1)C(=O)CN(c1cccc(C)c1C)S(C)(=O)=O. The van der Waals surface area contributed by atoms with Crippen LogP contribution in [0.3, 0.4) is 0 Å². The van der Waals surface area contributed by atoms with Crippen LogP contribution >= 0.6 is 15.9 Å². The number of benzene rings is 3. The molecule has 1 N–H and O–H groups in total. The van der Waals surface area contributed by atoms with Crippen LogP contribution in [-0.2, 0) is 32.6 Å². The van der Waals surface area contributed by atoms with E-state index in [2.05, 4.69) is 21.2 Å². The molecule has 208 valence electrons. The third kappa shape index (κ3) is 8.41. The number of anilines is 1. The van der Waals surface area contributed by atoms with E-state index < -0.39 is 28.5 Å². The minimum Gasteiger partial charge on any atom is -0.354 e. The van der Waals surface area contributed by atoms with Gasteiger partial charge < -0.3 is 10.2 Å². The van der Waals surface area contributed by atoms with Gasteiger partial charge in [0.05, 0.1) is 11.9 Å². The van der Waals surface area contributed by atoms with E-state index in [1.807, 2.05) is 81.4 Å². The minimum atomic E-state index is -3.80. The quantitative estimate of drug-likeness (QED) is 0.311. The average Bonchev–Trinajstić information content (AvgIpc) is 2.90. The van der Waals surface area contributed by atoms with Crippen LogP contribution in [0.1, 0.15) is 35.6 Å². The summed E-state index contributed by atoms with van der Waals surface area (Å²) >= 11 is 3.44. The van der Waals surface area contributed by atoms with Crippen LogP contribution in [0.5, 0.6) is 0 Å². The summed E-state index contributed by atoms with van der Waals surface area (Å²) in [4.78, 5) is 29.1. The molecule has 0 radical (unpaired) electrons. The van der Waals surface area contributed by atoms with Gasteiger partial charge in [0.25, 0.3) is 0 Å². The first-order valence-electron chi connectivity index (χ1n) is 12.9. The van der Waals surface area contributed by atoms with Crippen LogP contribution in [0, 0.1) is 13.8 Å². The lowest BCUT2D eigenvalue weighted by Gasteiger charge is -2.34. The number of nitrogens with zero attached hydrogens (tertiary/aromatic N) is 2. The number of sulfonamides is 1. The van der Waals surface area contributed by atoms with Crippen molar-refractivity contribution in [3.05, 3.63) is 99.5 Å². The first-order chi connectivity index (χ1) is 18.5. The molecule has 39 heavy (non-hydrogen) atoms. The Balaban J connectivity index is 2.06. The largest absolute Gasteiger partial charge is 0.354 e. The normalized spacial score (nSPS) is 12.0. The summed E-state index contributed by atoms with van der Waals surface area (Å²) in [5.41, 5.74) is 3.87. The second-order valence-electron chi connectivity index (χ2n) is 9.63. The first kappa shape index (κ1) is 30.4. The zero-order valence-corrected chi connectivity index (χ0v) is 25.3. The van der Waals surface area contributed by atoms with E-state index in [0.29, 0.717) is 18.7 Å². The smallest absolute Gasteiger partial charge is 0.244 e. The standard InChI is InChI=1S/C30H36BrN3O4S/c1-5-18-32-30(36)28(19-24-11-7-6-8-12-24)33(20-25-14-16-26(31)17-15-25)29(35)21-34(39(4,37)38)27-13-9-10-22(2)23(27)3/h6-17,28H,5,18-21H2,1-4H3,(H,32,36). The maximum absolute atomic E-state index is 14.1. The fourth-order valence-electron chi connectivity index (χ4n) is 4.31. The van der Waals surface area contributed by atoms with Gasteiger partial charge in [0.1, 0.15) is 12.6 Å². The molecule has 3 aromatic carbocycles. The van der Waals surface area contributed by atoms with E-state index in [0.717, 1.165) is 43.7 Å². The molecular weight excluding hydrogens is 578 g/mol. The van der Waals surface area contributed by atoms with Crippen molar-refractivity contribution >= 4 is 43.5 Å². The highest BCUT2D eigenvalue weighted by atomic mass is 79.9. The van der Waals surface area contributed by atoms with Crippen molar-refractivity contribution in [2.75, 3.05) is 23.7 Å². The van der Waals surface area contributed by atoms with Gasteiger partial charge in [0.2, 0.25) is 21.8 Å². The molecule has 3 rings (SSSR count). The highest BCUT2D eigenvalue weighted by Gasteiger charge is 2.33. The molecule has 1 atom stereocenters. The van der Waals surface area contributed by atoms with Crippen LogP contribution in [0.15, 0.2) is 77.3 Å². The van der Waals surface area contributed by atoms with E-state index in [4.69, 9.17) is 0 Å². The third-order valence-electron chi connectivity index (χ3n) is 6.61. The number of carbonyl (C=O) groups excluding carboxylic acids is 2. The van der Waals surface area contributed by atoms with Crippen LogP contribution in [0.2, 0.25) is 0 Å². The van der Waals surface area contributed by atoms with Crippen LogP contribution in [0.4, 0.5) is 5.69 Å². The van der Waals surface area contributed by atoms with Crippen LogP contribution in [0.25, 0.3) is 0 Å². The lowest BCUT2D eigenvalue weighted by Crippen LogP contribution is -2.53. The summed E-state index contributed by atoms with van der Waals surface area (Å²) in [5.74, 6) is -0.736. The third-order valence-corrected chi connectivity index (χ3v) is 8.27. The summed E-state index contributed by atoms with van der Waals surface area (Å²) in [5, 5.41) is 2.94. The molecule has 0 aliphatic rings. The monoisotopic (exact) mass is 613 g/mol. The second kappa shape index (κ2) is 13.8. The lowest BCUT2D eigenvalue weighted by atomic mass is 10.0. The number of carbonyl (C=O) groups is 2. The Morgan fingerprint density at radius 3 is 2.21 bits per heavy atom. The molecule has 0 saturated heterocycles. The summed E-state index contributed by atoms with van der Waals surface area (Å²) in [6.45, 7) is 5.89. The number of hydrogen-bond donors (Lipinski definition) is 1. The van der Waals surface area contributed by atoms with Crippen molar-refractivity contribution < 1.29 is 18.0 Å². The van der Waals surface area contributed by atoms with Crippen molar-refractivity contribution in [1.82, 2.24) is 10.2 Å². The summed E-state index contributed by atoms with van der Waals surface area (Å²) < 4.78 is 27.9. The maximum Gasteiger partial charge on any atom is 0.244 e. The molecular formula is C30H36BrN3O4S. The number of hydrogen-bond acceptors (Lipinski definition) is 4. The predicted molar refractivity (Wildman–Crippen MR) is 160 cm³/mol. The van der Waals surface area contributed by atoms with Crippen molar-refractivity contribution in [3.8, 4) is 0 Å². The molecule has 0 bridgehead atoms. The molecule has 9 heteroatoms. The number of nitrogens with one attached hydrogen (secondary N) is 1. The molecule has 1 unspecified atom stereocenters. The van der Waals surface area contributed by atoms with Crippen LogP contribution < -0.4 is 9.62 Å². The molecule has 3 aromatic rings. The van der Waals surface area contributed by atoms with Gasteiger partial charge in [-0.15, -0.1) is 0 Å². The molecule has 2 amide bonds. The maximum atomic E-state index is 14.1. The van der Waals surface area contributed by atoms with E-state index in [9.17, 15) is 18.0 Å². The Hall–Kier alpha value is -3.17. The summed E-state index contributed by atoms with van der Waals surface area (Å²) in [7, 11) is -3.80. The Kier molecular flexibility index (Phi) is 10.7. The molecule has 0 aliphatic heterocycles. The van der Waals surface area contributed by atoms with Crippen molar-refractivity contribution in [3.63, 3.8) is 0 Å². The number of aryl methyl sites for hydroxylation is 1. The fourth-order valence-corrected chi connectivity index (χ4v) is 5.47. The van der Waals surface area contributed by atoms with Crippen molar-refractivity contribution in [2.45, 2.75) is 46.2 Å². The van der Waals surface area contributed by atoms with E-state index in [-0.39, 0.29) is 12.5 Å². The van der Waals surface area contributed by atoms with Crippen molar-refractivity contribution in [2.24, 2.45) is 0 Å². The molecule has 0 saturated carbocycles. The number of rotatable bonds is 12. The molecule has 0 fully saturated rings. The summed E-state index contributed by atoms with van der Waals surface area (Å²) in [6.07, 6.45) is 2.14. The zero-order chi connectivity index (χ0) is 28.6. The van der Waals surface area contributed by atoms with Gasteiger partial charge in [-0.3, -0.25) is 13.9 Å². The van der Waals surface area contributed by atoms with Crippen LogP contribution in [-0.4, -0.2) is 50.5 Å². The number of halogens is 1. The lowest BCUT2D eigenvalue weighted by molar-refractivity contribution is -0.140. The van der Waals surface area contributed by atoms with Gasteiger partial charge in [0, 0.05) is 24.0 Å². The molecule has 0 aliphatic carbocycles.